The molecule has 0 spiro atoms. The third-order valence-corrected chi connectivity index (χ3v) is 4.35. The molecule has 1 N–H and O–H groups in total. The summed E-state index contributed by atoms with van der Waals surface area (Å²) in [6.45, 7) is 4.23. The number of para-hydroxylation sites is 1. The molecular weight excluding hydrogens is 358 g/mol. The third kappa shape index (κ3) is 3.95. The van der Waals surface area contributed by atoms with Crippen molar-refractivity contribution < 1.29 is 14.3 Å². The van der Waals surface area contributed by atoms with Crippen LogP contribution in [0.4, 0.5) is 0 Å². The van der Waals surface area contributed by atoms with E-state index in [9.17, 15) is 4.79 Å². The summed E-state index contributed by atoms with van der Waals surface area (Å²) in [5.41, 5.74) is 2.33. The summed E-state index contributed by atoms with van der Waals surface area (Å²) in [6, 6.07) is 9.39. The molecule has 8 nitrogen and oxygen atoms in total. The van der Waals surface area contributed by atoms with Gasteiger partial charge >= 0.3 is 0 Å². The van der Waals surface area contributed by atoms with Crippen LogP contribution in [0.1, 0.15) is 25.1 Å². The minimum absolute atomic E-state index is 0.0985. The highest BCUT2D eigenvalue weighted by molar-refractivity contribution is 5.77. The number of rotatable bonds is 6. The molecule has 144 valence electrons. The standard InChI is InChI=1S/C20H21N5O3/c1-20(2)10-14-4-3-5-17(19(14)28-20)27-13-18(26)22-11-15-12-25(24-23-15)16-6-8-21-9-7-16/h3-9,12H,10-11,13H2,1-2H3,(H,22,26). The van der Waals surface area contributed by atoms with Gasteiger partial charge < -0.3 is 14.8 Å². The van der Waals surface area contributed by atoms with Crippen molar-refractivity contribution >= 4 is 5.91 Å². The second-order valence-corrected chi connectivity index (χ2v) is 7.21. The second kappa shape index (κ2) is 7.30. The van der Waals surface area contributed by atoms with Crippen molar-refractivity contribution in [2.45, 2.75) is 32.4 Å². The highest BCUT2D eigenvalue weighted by Crippen LogP contribution is 2.41. The smallest absolute Gasteiger partial charge is 0.258 e. The summed E-state index contributed by atoms with van der Waals surface area (Å²) in [4.78, 5) is 16.1. The molecular formula is C20H21N5O3. The van der Waals surface area contributed by atoms with Crippen LogP contribution >= 0.6 is 0 Å². The SMILES string of the molecule is CC1(C)Cc2cccc(OCC(=O)NCc3cn(-c4ccncc4)nn3)c2O1. The van der Waals surface area contributed by atoms with E-state index in [0.717, 1.165) is 23.4 Å². The second-order valence-electron chi connectivity index (χ2n) is 7.21. The van der Waals surface area contributed by atoms with Gasteiger partial charge in [-0.25, -0.2) is 4.68 Å². The number of nitrogens with zero attached hydrogens (tertiary/aromatic N) is 4. The maximum absolute atomic E-state index is 12.2. The van der Waals surface area contributed by atoms with E-state index in [1.165, 1.54) is 0 Å². The first-order valence-corrected chi connectivity index (χ1v) is 9.02. The van der Waals surface area contributed by atoms with Crippen molar-refractivity contribution in [3.05, 3.63) is 60.2 Å². The quantitative estimate of drug-likeness (QED) is 0.705. The summed E-state index contributed by atoms with van der Waals surface area (Å²) in [6.07, 6.45) is 5.94. The Morgan fingerprint density at radius 3 is 2.93 bits per heavy atom. The van der Waals surface area contributed by atoms with Gasteiger partial charge in [-0.3, -0.25) is 9.78 Å². The Balaban J connectivity index is 1.31. The molecule has 28 heavy (non-hydrogen) atoms. The lowest BCUT2D eigenvalue weighted by molar-refractivity contribution is -0.123. The average Bonchev–Trinajstić information content (AvgIpc) is 3.28. The predicted molar refractivity (Wildman–Crippen MR) is 101 cm³/mol. The molecule has 1 amide bonds. The van der Waals surface area contributed by atoms with Crippen LogP contribution in [0.2, 0.25) is 0 Å². The van der Waals surface area contributed by atoms with Gasteiger partial charge in [-0.1, -0.05) is 17.3 Å². The Bertz CT molecular complexity index is 985. The molecule has 1 aliphatic rings. The van der Waals surface area contributed by atoms with E-state index >= 15 is 0 Å². The molecule has 0 unspecified atom stereocenters. The molecule has 0 radical (unpaired) electrons. The Morgan fingerprint density at radius 1 is 1.29 bits per heavy atom. The van der Waals surface area contributed by atoms with Crippen LogP contribution in [0.15, 0.2) is 48.9 Å². The number of fused-ring (bicyclic) bond motifs is 1. The number of amides is 1. The minimum Gasteiger partial charge on any atom is -0.483 e. The van der Waals surface area contributed by atoms with Gasteiger partial charge in [-0.2, -0.15) is 0 Å². The minimum atomic E-state index is -0.259. The summed E-state index contributed by atoms with van der Waals surface area (Å²) in [7, 11) is 0. The van der Waals surface area contributed by atoms with Gasteiger partial charge in [0.1, 0.15) is 11.3 Å². The van der Waals surface area contributed by atoms with Gasteiger partial charge in [0.15, 0.2) is 18.1 Å². The molecule has 2 aromatic heterocycles. The van der Waals surface area contributed by atoms with E-state index in [2.05, 4.69) is 20.6 Å². The first-order chi connectivity index (χ1) is 13.5. The average molecular weight is 379 g/mol. The maximum Gasteiger partial charge on any atom is 0.258 e. The zero-order valence-corrected chi connectivity index (χ0v) is 15.8. The normalized spacial score (nSPS) is 14.2. The molecule has 0 fully saturated rings. The van der Waals surface area contributed by atoms with Gasteiger partial charge in [0.2, 0.25) is 0 Å². The van der Waals surface area contributed by atoms with Crippen molar-refractivity contribution in [1.82, 2.24) is 25.3 Å². The van der Waals surface area contributed by atoms with Crippen LogP contribution in [-0.2, 0) is 17.8 Å². The number of hydrogen-bond acceptors (Lipinski definition) is 6. The molecule has 3 heterocycles. The van der Waals surface area contributed by atoms with Crippen LogP contribution in [0.25, 0.3) is 5.69 Å². The number of aromatic nitrogens is 4. The lowest BCUT2D eigenvalue weighted by Gasteiger charge is -2.18. The van der Waals surface area contributed by atoms with Gasteiger partial charge in [0, 0.05) is 24.4 Å². The molecule has 3 aromatic rings. The van der Waals surface area contributed by atoms with Crippen molar-refractivity contribution in [2.75, 3.05) is 6.61 Å². The summed E-state index contributed by atoms with van der Waals surface area (Å²) in [5, 5.41) is 10.9. The Labute approximate surface area is 162 Å². The zero-order valence-electron chi connectivity index (χ0n) is 15.8. The monoisotopic (exact) mass is 379 g/mol. The maximum atomic E-state index is 12.2. The first-order valence-electron chi connectivity index (χ1n) is 9.02. The fraction of sp³-hybridized carbons (Fsp3) is 0.300. The molecule has 0 bridgehead atoms. The van der Waals surface area contributed by atoms with Gasteiger partial charge in [0.25, 0.3) is 5.91 Å². The Kier molecular flexibility index (Phi) is 4.68. The third-order valence-electron chi connectivity index (χ3n) is 4.35. The number of carbonyl (C=O) groups excluding carboxylic acids is 1. The van der Waals surface area contributed by atoms with Crippen LogP contribution in [0.3, 0.4) is 0 Å². The van der Waals surface area contributed by atoms with E-state index < -0.39 is 0 Å². The topological polar surface area (TPSA) is 91.2 Å². The molecule has 0 saturated carbocycles. The van der Waals surface area contributed by atoms with Crippen molar-refractivity contribution in [1.29, 1.82) is 0 Å². The summed E-state index contributed by atoms with van der Waals surface area (Å²) >= 11 is 0. The molecule has 0 saturated heterocycles. The number of nitrogens with one attached hydrogen (secondary N) is 1. The lowest BCUT2D eigenvalue weighted by Crippen LogP contribution is -2.28. The van der Waals surface area contributed by atoms with Crippen molar-refractivity contribution in [3.8, 4) is 17.2 Å². The number of ether oxygens (including phenoxy) is 2. The Hall–Kier alpha value is -3.42. The molecule has 0 aliphatic carbocycles. The van der Waals surface area contributed by atoms with Crippen LogP contribution in [-0.4, -0.2) is 38.1 Å². The van der Waals surface area contributed by atoms with Crippen LogP contribution in [0, 0.1) is 0 Å². The molecule has 0 atom stereocenters. The number of benzene rings is 1. The van der Waals surface area contributed by atoms with Crippen LogP contribution < -0.4 is 14.8 Å². The Morgan fingerprint density at radius 2 is 2.11 bits per heavy atom. The number of hydrogen-bond donors (Lipinski definition) is 1. The molecule has 1 aliphatic heterocycles. The number of carbonyl (C=O) groups is 1. The van der Waals surface area contributed by atoms with E-state index in [-0.39, 0.29) is 24.7 Å². The van der Waals surface area contributed by atoms with E-state index in [4.69, 9.17) is 9.47 Å². The molecule has 1 aromatic carbocycles. The lowest BCUT2D eigenvalue weighted by atomic mass is 10.0. The highest BCUT2D eigenvalue weighted by atomic mass is 16.5. The molecule has 4 rings (SSSR count). The largest absolute Gasteiger partial charge is 0.483 e. The van der Waals surface area contributed by atoms with Gasteiger partial charge in [-0.15, -0.1) is 5.10 Å². The fourth-order valence-electron chi connectivity index (χ4n) is 3.09. The fourth-order valence-corrected chi connectivity index (χ4v) is 3.09. The van der Waals surface area contributed by atoms with E-state index in [0.29, 0.717) is 11.4 Å². The van der Waals surface area contributed by atoms with E-state index in [1.54, 1.807) is 23.3 Å². The van der Waals surface area contributed by atoms with Crippen LogP contribution in [0.5, 0.6) is 11.5 Å². The van der Waals surface area contributed by atoms with Gasteiger partial charge in [0.05, 0.1) is 18.4 Å². The summed E-state index contributed by atoms with van der Waals surface area (Å²) < 4.78 is 13.3. The number of pyridine rings is 1. The predicted octanol–water partition coefficient (Wildman–Crippen LogP) is 2.07. The van der Waals surface area contributed by atoms with E-state index in [1.807, 2.05) is 44.2 Å². The molecule has 8 heteroatoms. The summed E-state index contributed by atoms with van der Waals surface area (Å²) in [5.74, 6) is 1.07. The first kappa shape index (κ1) is 18.0. The zero-order chi connectivity index (χ0) is 19.6. The van der Waals surface area contributed by atoms with Crippen molar-refractivity contribution in [2.24, 2.45) is 0 Å². The van der Waals surface area contributed by atoms with Gasteiger partial charge in [-0.05, 0) is 32.0 Å². The highest BCUT2D eigenvalue weighted by Gasteiger charge is 2.32. The van der Waals surface area contributed by atoms with Crippen molar-refractivity contribution in [3.63, 3.8) is 0 Å².